The van der Waals surface area contributed by atoms with Crippen molar-refractivity contribution in [2.75, 3.05) is 6.54 Å². The molecule has 126 valence electrons. The van der Waals surface area contributed by atoms with Gasteiger partial charge in [-0.3, -0.25) is 4.79 Å². The number of para-hydroxylation sites is 1. The van der Waals surface area contributed by atoms with Crippen molar-refractivity contribution in [3.05, 3.63) is 47.3 Å². The van der Waals surface area contributed by atoms with Gasteiger partial charge in [-0.2, -0.15) is 5.10 Å². The lowest BCUT2D eigenvalue weighted by atomic mass is 10.0. The van der Waals surface area contributed by atoms with E-state index < -0.39 is 0 Å². The summed E-state index contributed by atoms with van der Waals surface area (Å²) in [4.78, 5) is 12.8. The third kappa shape index (κ3) is 2.84. The Kier molecular flexibility index (Phi) is 4.10. The van der Waals surface area contributed by atoms with Gasteiger partial charge in [0.25, 0.3) is 5.91 Å². The number of benzene rings is 1. The molecule has 0 saturated carbocycles. The van der Waals surface area contributed by atoms with E-state index in [2.05, 4.69) is 22.7 Å². The normalized spacial score (nSPS) is 23.0. The predicted molar refractivity (Wildman–Crippen MR) is 93.5 cm³/mol. The maximum atomic E-state index is 12.8. The van der Waals surface area contributed by atoms with Crippen LogP contribution in [0.15, 0.2) is 30.3 Å². The lowest BCUT2D eigenvalue weighted by Crippen LogP contribution is -2.46. The van der Waals surface area contributed by atoms with Gasteiger partial charge in [-0.05, 0) is 57.7 Å². The summed E-state index contributed by atoms with van der Waals surface area (Å²) in [6, 6.07) is 10.8. The Morgan fingerprint density at radius 3 is 2.92 bits per heavy atom. The molecule has 1 aromatic carbocycles. The van der Waals surface area contributed by atoms with E-state index in [1.807, 2.05) is 35.0 Å². The molecule has 1 fully saturated rings. The SMILES string of the molecule is CC1CC(NC(=O)c2nn(-c3ccccc3)c3c2CCC3)CCN1. The first-order chi connectivity index (χ1) is 11.7. The lowest BCUT2D eigenvalue weighted by molar-refractivity contribution is 0.0919. The number of fused-ring (bicyclic) bond motifs is 1. The van der Waals surface area contributed by atoms with Crippen molar-refractivity contribution in [3.63, 3.8) is 0 Å². The van der Waals surface area contributed by atoms with Gasteiger partial charge in [-0.25, -0.2) is 4.68 Å². The zero-order valence-electron chi connectivity index (χ0n) is 14.1. The monoisotopic (exact) mass is 324 g/mol. The van der Waals surface area contributed by atoms with E-state index in [-0.39, 0.29) is 11.9 Å². The molecule has 0 bridgehead atoms. The number of rotatable bonds is 3. The number of carbonyl (C=O) groups excluding carboxylic acids is 1. The van der Waals surface area contributed by atoms with E-state index in [0.29, 0.717) is 11.7 Å². The molecule has 2 aliphatic rings. The maximum absolute atomic E-state index is 12.8. The molecule has 0 radical (unpaired) electrons. The van der Waals surface area contributed by atoms with Crippen LogP contribution in [0, 0.1) is 0 Å². The number of carbonyl (C=O) groups is 1. The Labute approximate surface area is 142 Å². The van der Waals surface area contributed by atoms with Crippen LogP contribution < -0.4 is 10.6 Å². The molecule has 1 aromatic heterocycles. The third-order valence-electron chi connectivity index (χ3n) is 5.10. The second-order valence-corrected chi connectivity index (χ2v) is 6.92. The molecule has 1 aliphatic heterocycles. The Morgan fingerprint density at radius 2 is 2.12 bits per heavy atom. The molecule has 1 amide bonds. The summed E-state index contributed by atoms with van der Waals surface area (Å²) >= 11 is 0. The van der Waals surface area contributed by atoms with Crippen molar-refractivity contribution in [1.29, 1.82) is 0 Å². The lowest BCUT2D eigenvalue weighted by Gasteiger charge is -2.28. The first kappa shape index (κ1) is 15.4. The predicted octanol–water partition coefficient (Wildman–Crippen LogP) is 2.23. The maximum Gasteiger partial charge on any atom is 0.272 e. The topological polar surface area (TPSA) is 59.0 Å². The van der Waals surface area contributed by atoms with Crippen molar-refractivity contribution >= 4 is 5.91 Å². The molecule has 2 aromatic rings. The van der Waals surface area contributed by atoms with Crippen molar-refractivity contribution in [1.82, 2.24) is 20.4 Å². The minimum Gasteiger partial charge on any atom is -0.348 e. The van der Waals surface area contributed by atoms with Gasteiger partial charge in [0.05, 0.1) is 5.69 Å². The van der Waals surface area contributed by atoms with Gasteiger partial charge in [0.2, 0.25) is 0 Å². The molecular weight excluding hydrogens is 300 g/mol. The molecule has 1 saturated heterocycles. The number of nitrogens with zero attached hydrogens (tertiary/aromatic N) is 2. The number of piperidine rings is 1. The molecule has 2 heterocycles. The molecule has 1 aliphatic carbocycles. The van der Waals surface area contributed by atoms with Crippen LogP contribution in [0.25, 0.3) is 5.69 Å². The second kappa shape index (κ2) is 6.40. The molecule has 4 rings (SSSR count). The zero-order chi connectivity index (χ0) is 16.5. The Hall–Kier alpha value is -2.14. The molecule has 0 spiro atoms. The van der Waals surface area contributed by atoms with E-state index >= 15 is 0 Å². The van der Waals surface area contributed by atoms with Gasteiger partial charge in [0.1, 0.15) is 0 Å². The molecule has 2 N–H and O–H groups in total. The summed E-state index contributed by atoms with van der Waals surface area (Å²) in [7, 11) is 0. The van der Waals surface area contributed by atoms with Gasteiger partial charge in [0.15, 0.2) is 5.69 Å². The largest absolute Gasteiger partial charge is 0.348 e. The first-order valence-corrected chi connectivity index (χ1v) is 8.93. The summed E-state index contributed by atoms with van der Waals surface area (Å²) in [6.07, 6.45) is 5.01. The van der Waals surface area contributed by atoms with Gasteiger partial charge in [-0.1, -0.05) is 18.2 Å². The van der Waals surface area contributed by atoms with E-state index in [0.717, 1.165) is 49.9 Å². The smallest absolute Gasteiger partial charge is 0.272 e. The Morgan fingerprint density at radius 1 is 1.29 bits per heavy atom. The van der Waals surface area contributed by atoms with Crippen LogP contribution in [-0.2, 0) is 12.8 Å². The highest BCUT2D eigenvalue weighted by Gasteiger charge is 2.28. The van der Waals surface area contributed by atoms with Crippen LogP contribution in [0.1, 0.15) is 47.9 Å². The molecular formula is C19H24N4O. The summed E-state index contributed by atoms with van der Waals surface area (Å²) in [6.45, 7) is 3.13. The Bertz CT molecular complexity index is 737. The van der Waals surface area contributed by atoms with Crippen LogP contribution in [0.5, 0.6) is 0 Å². The number of hydrogen-bond donors (Lipinski definition) is 2. The fourth-order valence-corrected chi connectivity index (χ4v) is 3.92. The average Bonchev–Trinajstić information content (AvgIpc) is 3.17. The highest BCUT2D eigenvalue weighted by Crippen LogP contribution is 2.28. The van der Waals surface area contributed by atoms with Crippen LogP contribution in [0.3, 0.4) is 0 Å². The van der Waals surface area contributed by atoms with E-state index in [9.17, 15) is 4.79 Å². The van der Waals surface area contributed by atoms with Gasteiger partial charge >= 0.3 is 0 Å². The fraction of sp³-hybridized carbons (Fsp3) is 0.474. The minimum atomic E-state index is -0.0121. The third-order valence-corrected chi connectivity index (χ3v) is 5.10. The van der Waals surface area contributed by atoms with Gasteiger partial charge in [0, 0.05) is 23.3 Å². The molecule has 5 nitrogen and oxygen atoms in total. The van der Waals surface area contributed by atoms with Crippen LogP contribution in [0.4, 0.5) is 0 Å². The molecule has 2 atom stereocenters. The van der Waals surface area contributed by atoms with Gasteiger partial charge in [-0.15, -0.1) is 0 Å². The average molecular weight is 324 g/mol. The van der Waals surface area contributed by atoms with Crippen molar-refractivity contribution in [2.24, 2.45) is 0 Å². The summed E-state index contributed by atoms with van der Waals surface area (Å²) in [5.74, 6) is -0.0121. The second-order valence-electron chi connectivity index (χ2n) is 6.92. The minimum absolute atomic E-state index is 0.0121. The molecule has 5 heteroatoms. The highest BCUT2D eigenvalue weighted by molar-refractivity contribution is 5.94. The zero-order valence-corrected chi connectivity index (χ0v) is 14.1. The van der Waals surface area contributed by atoms with Crippen molar-refractivity contribution in [3.8, 4) is 5.69 Å². The summed E-state index contributed by atoms with van der Waals surface area (Å²) in [5, 5.41) is 11.3. The van der Waals surface area contributed by atoms with Crippen molar-refractivity contribution in [2.45, 2.75) is 51.1 Å². The molecule has 24 heavy (non-hydrogen) atoms. The highest BCUT2D eigenvalue weighted by atomic mass is 16.2. The number of amides is 1. The van der Waals surface area contributed by atoms with E-state index in [1.165, 1.54) is 5.69 Å². The summed E-state index contributed by atoms with van der Waals surface area (Å²) < 4.78 is 1.96. The van der Waals surface area contributed by atoms with Crippen molar-refractivity contribution < 1.29 is 4.79 Å². The van der Waals surface area contributed by atoms with Crippen LogP contribution >= 0.6 is 0 Å². The first-order valence-electron chi connectivity index (χ1n) is 8.93. The number of hydrogen-bond acceptors (Lipinski definition) is 3. The van der Waals surface area contributed by atoms with E-state index in [1.54, 1.807) is 0 Å². The van der Waals surface area contributed by atoms with Crippen LogP contribution in [-0.4, -0.2) is 34.3 Å². The molecule has 2 unspecified atom stereocenters. The van der Waals surface area contributed by atoms with Crippen LogP contribution in [0.2, 0.25) is 0 Å². The van der Waals surface area contributed by atoms with Gasteiger partial charge < -0.3 is 10.6 Å². The summed E-state index contributed by atoms with van der Waals surface area (Å²) in [5.41, 5.74) is 3.99. The number of nitrogens with one attached hydrogen (secondary N) is 2. The fourth-order valence-electron chi connectivity index (χ4n) is 3.92. The van der Waals surface area contributed by atoms with E-state index in [4.69, 9.17) is 0 Å². The Balaban J connectivity index is 1.60. The standard InChI is InChI=1S/C19H24N4O/c1-13-12-14(10-11-20-13)21-19(24)18-16-8-5-9-17(16)23(22-18)15-6-3-2-4-7-15/h2-4,6-7,13-14,20H,5,8-12H2,1H3,(H,21,24). The quantitative estimate of drug-likeness (QED) is 0.910. The number of aromatic nitrogens is 2.